The normalized spacial score (nSPS) is 29.2. The zero-order chi connectivity index (χ0) is 14.5. The van der Waals surface area contributed by atoms with Crippen LogP contribution in [0.3, 0.4) is 0 Å². The number of likely N-dealkylation sites (tertiary alicyclic amines) is 1. The second kappa shape index (κ2) is 7.45. The summed E-state index contributed by atoms with van der Waals surface area (Å²) < 4.78 is 0. The van der Waals surface area contributed by atoms with E-state index in [2.05, 4.69) is 42.2 Å². The molecule has 3 atom stereocenters. The summed E-state index contributed by atoms with van der Waals surface area (Å²) in [6.07, 6.45) is 9.98. The maximum atomic E-state index is 2.73. The maximum absolute atomic E-state index is 2.73. The highest BCUT2D eigenvalue weighted by molar-refractivity contribution is 5.21. The first-order valence-electron chi connectivity index (χ1n) is 9.12. The Hall–Kier alpha value is -0.820. The van der Waals surface area contributed by atoms with Crippen LogP contribution in [-0.4, -0.2) is 24.5 Å². The van der Waals surface area contributed by atoms with Crippen molar-refractivity contribution in [3.63, 3.8) is 0 Å². The smallest absolute Gasteiger partial charge is 0.000988 e. The fourth-order valence-corrected chi connectivity index (χ4v) is 4.64. The molecule has 1 aliphatic carbocycles. The minimum Gasteiger partial charge on any atom is -0.303 e. The molecule has 1 aromatic carbocycles. The molecule has 0 aromatic heterocycles. The maximum Gasteiger partial charge on any atom is 0.000988 e. The molecule has 116 valence electrons. The van der Waals surface area contributed by atoms with Gasteiger partial charge in [-0.1, -0.05) is 56.5 Å². The average molecular weight is 285 g/mol. The Bertz CT molecular complexity index is 407. The van der Waals surface area contributed by atoms with Crippen molar-refractivity contribution in [1.82, 2.24) is 4.90 Å². The van der Waals surface area contributed by atoms with Crippen LogP contribution < -0.4 is 0 Å². The highest BCUT2D eigenvalue weighted by Crippen LogP contribution is 2.42. The Morgan fingerprint density at radius 2 is 1.67 bits per heavy atom. The molecule has 2 aliphatic rings. The van der Waals surface area contributed by atoms with Gasteiger partial charge >= 0.3 is 0 Å². The number of hydrogen-bond donors (Lipinski definition) is 0. The molecule has 3 unspecified atom stereocenters. The molecule has 0 amide bonds. The fourth-order valence-electron chi connectivity index (χ4n) is 4.64. The van der Waals surface area contributed by atoms with Crippen LogP contribution in [0, 0.1) is 11.8 Å². The van der Waals surface area contributed by atoms with Crippen molar-refractivity contribution in [1.29, 1.82) is 0 Å². The monoisotopic (exact) mass is 285 g/mol. The number of nitrogens with zero attached hydrogens (tertiary/aromatic N) is 1. The Kier molecular flexibility index (Phi) is 5.35. The lowest BCUT2D eigenvalue weighted by molar-refractivity contribution is 0.141. The third kappa shape index (κ3) is 3.88. The molecule has 0 radical (unpaired) electrons. The standard InChI is InChI=1S/C20H31N/c1-17(16-21-14-8-3-9-15-21)19-12-6-7-13-20(19)18-10-4-2-5-11-18/h2,4-5,10-11,17,19-20H,3,6-9,12-16H2,1H3. The summed E-state index contributed by atoms with van der Waals surface area (Å²) in [6.45, 7) is 6.52. The van der Waals surface area contributed by atoms with Gasteiger partial charge in [0.15, 0.2) is 0 Å². The van der Waals surface area contributed by atoms with Gasteiger partial charge in [0.25, 0.3) is 0 Å². The second-order valence-electron chi connectivity index (χ2n) is 7.30. The van der Waals surface area contributed by atoms with Crippen molar-refractivity contribution < 1.29 is 0 Å². The summed E-state index contributed by atoms with van der Waals surface area (Å²) in [5.41, 5.74) is 1.59. The molecule has 0 spiro atoms. The van der Waals surface area contributed by atoms with Gasteiger partial charge in [0.2, 0.25) is 0 Å². The van der Waals surface area contributed by atoms with Crippen molar-refractivity contribution in [2.24, 2.45) is 11.8 Å². The van der Waals surface area contributed by atoms with E-state index in [4.69, 9.17) is 0 Å². The average Bonchev–Trinajstić information content (AvgIpc) is 2.56. The topological polar surface area (TPSA) is 3.24 Å². The largest absolute Gasteiger partial charge is 0.303 e. The molecule has 1 aliphatic heterocycles. The molecule has 1 nitrogen and oxygen atoms in total. The van der Waals surface area contributed by atoms with Crippen LogP contribution in [0.1, 0.15) is 63.4 Å². The van der Waals surface area contributed by atoms with Crippen LogP contribution in [0.5, 0.6) is 0 Å². The van der Waals surface area contributed by atoms with Gasteiger partial charge in [0.1, 0.15) is 0 Å². The van der Waals surface area contributed by atoms with E-state index in [0.717, 1.165) is 17.8 Å². The SMILES string of the molecule is CC(CN1CCCCC1)C1CCCCC1c1ccccc1. The molecule has 1 saturated heterocycles. The minimum atomic E-state index is 0.805. The molecule has 2 fully saturated rings. The first-order chi connectivity index (χ1) is 10.3. The van der Waals surface area contributed by atoms with Crippen LogP contribution in [0.25, 0.3) is 0 Å². The van der Waals surface area contributed by atoms with E-state index in [1.54, 1.807) is 5.56 Å². The zero-order valence-corrected chi connectivity index (χ0v) is 13.6. The Balaban J connectivity index is 1.65. The summed E-state index contributed by atoms with van der Waals surface area (Å²) in [7, 11) is 0. The van der Waals surface area contributed by atoms with Gasteiger partial charge in [-0.15, -0.1) is 0 Å². The molecule has 1 heteroatoms. The first kappa shape index (κ1) is 15.1. The lowest BCUT2D eigenvalue weighted by atomic mass is 9.70. The third-order valence-electron chi connectivity index (χ3n) is 5.77. The van der Waals surface area contributed by atoms with Gasteiger partial charge in [0, 0.05) is 6.54 Å². The van der Waals surface area contributed by atoms with E-state index in [1.807, 2.05) is 0 Å². The van der Waals surface area contributed by atoms with Crippen molar-refractivity contribution in [2.75, 3.05) is 19.6 Å². The summed E-state index contributed by atoms with van der Waals surface area (Å²) in [6, 6.07) is 11.3. The quantitative estimate of drug-likeness (QED) is 0.745. The third-order valence-corrected chi connectivity index (χ3v) is 5.77. The highest BCUT2D eigenvalue weighted by Gasteiger charge is 2.31. The molecule has 0 N–H and O–H groups in total. The molecule has 21 heavy (non-hydrogen) atoms. The van der Waals surface area contributed by atoms with E-state index in [0.29, 0.717) is 0 Å². The molecular formula is C20H31N. The highest BCUT2D eigenvalue weighted by atomic mass is 15.1. The summed E-state index contributed by atoms with van der Waals surface area (Å²) in [5.74, 6) is 2.54. The van der Waals surface area contributed by atoms with Crippen molar-refractivity contribution in [2.45, 2.75) is 57.8 Å². The minimum absolute atomic E-state index is 0.805. The predicted octanol–water partition coefficient (Wildman–Crippen LogP) is 5.08. The first-order valence-corrected chi connectivity index (χ1v) is 9.12. The van der Waals surface area contributed by atoms with Gasteiger partial charge in [-0.3, -0.25) is 0 Å². The summed E-state index contributed by atoms with van der Waals surface area (Å²) in [4.78, 5) is 2.73. The van der Waals surface area contributed by atoms with Crippen molar-refractivity contribution in [3.8, 4) is 0 Å². The van der Waals surface area contributed by atoms with Gasteiger partial charge in [-0.05, 0) is 62.1 Å². The van der Waals surface area contributed by atoms with E-state index < -0.39 is 0 Å². The van der Waals surface area contributed by atoms with Gasteiger partial charge in [0.05, 0.1) is 0 Å². The van der Waals surface area contributed by atoms with Gasteiger partial charge in [-0.25, -0.2) is 0 Å². The Labute approximate surface area is 130 Å². The molecule has 1 aromatic rings. The predicted molar refractivity (Wildman–Crippen MR) is 90.6 cm³/mol. The number of rotatable bonds is 4. The molecule has 0 bridgehead atoms. The second-order valence-corrected chi connectivity index (χ2v) is 7.30. The van der Waals surface area contributed by atoms with Gasteiger partial charge in [-0.2, -0.15) is 0 Å². The van der Waals surface area contributed by atoms with Crippen LogP contribution in [0.4, 0.5) is 0 Å². The fraction of sp³-hybridized carbons (Fsp3) is 0.700. The summed E-state index contributed by atoms with van der Waals surface area (Å²) >= 11 is 0. The summed E-state index contributed by atoms with van der Waals surface area (Å²) in [5, 5.41) is 0. The van der Waals surface area contributed by atoms with E-state index in [1.165, 1.54) is 64.6 Å². The molecule has 3 rings (SSSR count). The Morgan fingerprint density at radius 3 is 2.43 bits per heavy atom. The van der Waals surface area contributed by atoms with E-state index in [9.17, 15) is 0 Å². The van der Waals surface area contributed by atoms with Gasteiger partial charge < -0.3 is 4.90 Å². The zero-order valence-electron chi connectivity index (χ0n) is 13.6. The molecule has 1 heterocycles. The van der Waals surface area contributed by atoms with Crippen LogP contribution in [-0.2, 0) is 0 Å². The van der Waals surface area contributed by atoms with E-state index >= 15 is 0 Å². The number of benzene rings is 1. The Morgan fingerprint density at radius 1 is 0.952 bits per heavy atom. The van der Waals surface area contributed by atoms with Crippen LogP contribution in [0.15, 0.2) is 30.3 Å². The lowest BCUT2D eigenvalue weighted by Crippen LogP contribution is -2.37. The molecular weight excluding hydrogens is 254 g/mol. The van der Waals surface area contributed by atoms with E-state index in [-0.39, 0.29) is 0 Å². The molecule has 1 saturated carbocycles. The van der Waals surface area contributed by atoms with Crippen molar-refractivity contribution in [3.05, 3.63) is 35.9 Å². The lowest BCUT2D eigenvalue weighted by Gasteiger charge is -2.39. The van der Waals surface area contributed by atoms with Crippen LogP contribution in [0.2, 0.25) is 0 Å². The van der Waals surface area contributed by atoms with Crippen LogP contribution >= 0.6 is 0 Å². The number of piperidine rings is 1. The van der Waals surface area contributed by atoms with Crippen molar-refractivity contribution >= 4 is 0 Å². The number of hydrogen-bond acceptors (Lipinski definition) is 1.